The van der Waals surface area contributed by atoms with Crippen molar-refractivity contribution in [2.45, 2.75) is 30.9 Å². The lowest BCUT2D eigenvalue weighted by atomic mass is 10.00. The van der Waals surface area contributed by atoms with Crippen LogP contribution < -0.4 is 5.32 Å². The second-order valence-corrected chi connectivity index (χ2v) is 7.67. The standard InChI is InChI=1S/C12H24N2O3S/c1-14(10-11-3-2-6-13-9-11)18(15,16)12-4-7-17-8-5-12/h11-13H,2-10H2,1H3. The zero-order chi connectivity index (χ0) is 13.0. The third-order valence-electron chi connectivity index (χ3n) is 3.94. The molecule has 1 atom stereocenters. The van der Waals surface area contributed by atoms with E-state index in [4.69, 9.17) is 4.74 Å². The van der Waals surface area contributed by atoms with Crippen LogP contribution >= 0.6 is 0 Å². The predicted octanol–water partition coefficient (Wildman–Crippen LogP) is 0.427. The van der Waals surface area contributed by atoms with E-state index in [1.165, 1.54) is 0 Å². The Morgan fingerprint density at radius 1 is 1.28 bits per heavy atom. The Kier molecular flexibility index (Phi) is 5.00. The summed E-state index contributed by atoms with van der Waals surface area (Å²) < 4.78 is 31.6. The highest BCUT2D eigenvalue weighted by molar-refractivity contribution is 7.89. The van der Waals surface area contributed by atoms with Crippen LogP contribution in [0.15, 0.2) is 0 Å². The lowest BCUT2D eigenvalue weighted by Gasteiger charge is -2.31. The van der Waals surface area contributed by atoms with Gasteiger partial charge in [0.2, 0.25) is 10.0 Å². The minimum absolute atomic E-state index is 0.243. The van der Waals surface area contributed by atoms with Crippen molar-refractivity contribution in [2.24, 2.45) is 5.92 Å². The van der Waals surface area contributed by atoms with E-state index in [2.05, 4.69) is 5.32 Å². The van der Waals surface area contributed by atoms with E-state index in [1.54, 1.807) is 11.4 Å². The normalized spacial score (nSPS) is 27.6. The van der Waals surface area contributed by atoms with Gasteiger partial charge in [-0.3, -0.25) is 0 Å². The number of piperidine rings is 1. The summed E-state index contributed by atoms with van der Waals surface area (Å²) in [5.74, 6) is 0.457. The van der Waals surface area contributed by atoms with E-state index >= 15 is 0 Å². The van der Waals surface area contributed by atoms with Crippen LogP contribution in [0, 0.1) is 5.92 Å². The van der Waals surface area contributed by atoms with Crippen molar-refractivity contribution in [3.05, 3.63) is 0 Å². The minimum atomic E-state index is -3.14. The predicted molar refractivity (Wildman–Crippen MR) is 71.0 cm³/mol. The molecule has 1 N–H and O–H groups in total. The van der Waals surface area contributed by atoms with Crippen molar-refractivity contribution in [2.75, 3.05) is 39.9 Å². The fourth-order valence-corrected chi connectivity index (χ4v) is 4.49. The van der Waals surface area contributed by atoms with Crippen molar-refractivity contribution < 1.29 is 13.2 Å². The molecule has 2 fully saturated rings. The average Bonchev–Trinajstić information content (AvgIpc) is 2.41. The summed E-state index contributed by atoms with van der Waals surface area (Å²) in [6, 6.07) is 0. The zero-order valence-electron chi connectivity index (χ0n) is 11.1. The minimum Gasteiger partial charge on any atom is -0.381 e. The highest BCUT2D eigenvalue weighted by atomic mass is 32.2. The van der Waals surface area contributed by atoms with Gasteiger partial charge in [-0.25, -0.2) is 12.7 Å². The molecule has 0 aromatic carbocycles. The first-order valence-corrected chi connectivity index (χ1v) is 8.34. The Bertz CT molecular complexity index is 346. The summed E-state index contributed by atoms with van der Waals surface area (Å²) in [6.07, 6.45) is 3.54. The summed E-state index contributed by atoms with van der Waals surface area (Å²) in [6.45, 7) is 3.79. The number of ether oxygens (including phenoxy) is 1. The molecule has 106 valence electrons. The van der Waals surface area contributed by atoms with E-state index < -0.39 is 10.0 Å². The molecule has 0 aliphatic carbocycles. The molecular weight excluding hydrogens is 252 g/mol. The van der Waals surface area contributed by atoms with E-state index in [0.717, 1.165) is 25.9 Å². The number of nitrogens with one attached hydrogen (secondary N) is 1. The molecule has 0 radical (unpaired) electrons. The summed E-state index contributed by atoms with van der Waals surface area (Å²) in [5, 5.41) is 3.09. The Labute approximate surface area is 110 Å². The monoisotopic (exact) mass is 276 g/mol. The first-order valence-electron chi connectivity index (χ1n) is 6.84. The average molecular weight is 276 g/mol. The maximum Gasteiger partial charge on any atom is 0.216 e. The van der Waals surface area contributed by atoms with Gasteiger partial charge in [0.25, 0.3) is 0 Å². The van der Waals surface area contributed by atoms with Crippen LogP contribution in [0.4, 0.5) is 0 Å². The summed E-state index contributed by atoms with van der Waals surface area (Å²) >= 11 is 0. The molecule has 2 aliphatic rings. The van der Waals surface area contributed by atoms with Gasteiger partial charge < -0.3 is 10.1 Å². The van der Waals surface area contributed by atoms with Crippen molar-refractivity contribution in [3.63, 3.8) is 0 Å². The Morgan fingerprint density at radius 2 is 2.00 bits per heavy atom. The van der Waals surface area contributed by atoms with Crippen molar-refractivity contribution in [3.8, 4) is 0 Å². The molecular formula is C12H24N2O3S. The molecule has 5 nitrogen and oxygen atoms in total. The molecule has 0 saturated carbocycles. The zero-order valence-corrected chi connectivity index (χ0v) is 11.9. The molecule has 0 amide bonds. The van der Waals surface area contributed by atoms with Gasteiger partial charge in [-0.05, 0) is 44.7 Å². The lowest BCUT2D eigenvalue weighted by molar-refractivity contribution is 0.0972. The smallest absolute Gasteiger partial charge is 0.216 e. The Balaban J connectivity index is 1.91. The van der Waals surface area contributed by atoms with Crippen molar-refractivity contribution in [1.82, 2.24) is 9.62 Å². The van der Waals surface area contributed by atoms with Gasteiger partial charge in [0.1, 0.15) is 0 Å². The summed E-state index contributed by atoms with van der Waals surface area (Å²) in [4.78, 5) is 0. The largest absolute Gasteiger partial charge is 0.381 e. The van der Waals surface area contributed by atoms with Gasteiger partial charge in [-0.15, -0.1) is 0 Å². The SMILES string of the molecule is CN(CC1CCCNC1)S(=O)(=O)C1CCOCC1. The van der Waals surface area contributed by atoms with Crippen molar-refractivity contribution >= 4 is 10.0 Å². The van der Waals surface area contributed by atoms with Crippen molar-refractivity contribution in [1.29, 1.82) is 0 Å². The van der Waals surface area contributed by atoms with E-state index in [0.29, 0.717) is 38.5 Å². The first kappa shape index (κ1) is 14.2. The summed E-state index contributed by atoms with van der Waals surface area (Å²) in [7, 11) is -1.41. The van der Waals surface area contributed by atoms with Crippen LogP contribution in [-0.4, -0.2) is 57.9 Å². The number of hydrogen-bond donors (Lipinski definition) is 1. The fourth-order valence-electron chi connectivity index (χ4n) is 2.78. The second-order valence-electron chi connectivity index (χ2n) is 5.35. The van der Waals surface area contributed by atoms with Gasteiger partial charge in [0.05, 0.1) is 5.25 Å². The maximum absolute atomic E-state index is 12.4. The Hall–Kier alpha value is -0.170. The quantitative estimate of drug-likeness (QED) is 0.809. The topological polar surface area (TPSA) is 58.6 Å². The number of sulfonamides is 1. The summed E-state index contributed by atoms with van der Waals surface area (Å²) in [5.41, 5.74) is 0. The molecule has 0 aromatic heterocycles. The second kappa shape index (κ2) is 6.32. The van der Waals surface area contributed by atoms with Crippen LogP contribution in [0.25, 0.3) is 0 Å². The van der Waals surface area contributed by atoms with Gasteiger partial charge in [0, 0.05) is 26.8 Å². The number of hydrogen-bond acceptors (Lipinski definition) is 4. The molecule has 0 bridgehead atoms. The molecule has 0 aromatic rings. The molecule has 1 unspecified atom stereocenters. The van der Waals surface area contributed by atoms with Crippen LogP contribution in [0.2, 0.25) is 0 Å². The maximum atomic E-state index is 12.4. The fraction of sp³-hybridized carbons (Fsp3) is 1.00. The molecule has 2 aliphatic heterocycles. The van der Waals surface area contributed by atoms with E-state index in [9.17, 15) is 8.42 Å². The molecule has 18 heavy (non-hydrogen) atoms. The van der Waals surface area contributed by atoms with E-state index in [1.807, 2.05) is 0 Å². The third-order valence-corrected chi connectivity index (χ3v) is 6.27. The van der Waals surface area contributed by atoms with E-state index in [-0.39, 0.29) is 5.25 Å². The van der Waals surface area contributed by atoms with Crippen LogP contribution in [0.5, 0.6) is 0 Å². The molecule has 0 spiro atoms. The lowest BCUT2D eigenvalue weighted by Crippen LogP contribution is -2.44. The van der Waals surface area contributed by atoms with Gasteiger partial charge in [0.15, 0.2) is 0 Å². The van der Waals surface area contributed by atoms with Crippen LogP contribution in [0.3, 0.4) is 0 Å². The van der Waals surface area contributed by atoms with Crippen LogP contribution in [-0.2, 0) is 14.8 Å². The van der Waals surface area contributed by atoms with Crippen LogP contribution in [0.1, 0.15) is 25.7 Å². The molecule has 2 heterocycles. The molecule has 6 heteroatoms. The number of nitrogens with zero attached hydrogens (tertiary/aromatic N) is 1. The Morgan fingerprint density at radius 3 is 2.61 bits per heavy atom. The third kappa shape index (κ3) is 3.44. The first-order chi connectivity index (χ1) is 8.60. The van der Waals surface area contributed by atoms with Gasteiger partial charge in [-0.1, -0.05) is 0 Å². The molecule has 2 saturated heterocycles. The highest BCUT2D eigenvalue weighted by Crippen LogP contribution is 2.21. The van der Waals surface area contributed by atoms with Gasteiger partial charge in [-0.2, -0.15) is 0 Å². The van der Waals surface area contributed by atoms with Gasteiger partial charge >= 0.3 is 0 Å². The highest BCUT2D eigenvalue weighted by Gasteiger charge is 2.32. The number of rotatable bonds is 4. The molecule has 2 rings (SSSR count).